The van der Waals surface area contributed by atoms with Crippen molar-refractivity contribution in [2.45, 2.75) is 71.3 Å². The van der Waals surface area contributed by atoms with Crippen molar-refractivity contribution >= 4 is 0 Å². The summed E-state index contributed by atoms with van der Waals surface area (Å²) in [5.74, 6) is 0.455. The van der Waals surface area contributed by atoms with Crippen LogP contribution in [0.1, 0.15) is 76.8 Å². The van der Waals surface area contributed by atoms with E-state index < -0.39 is 0 Å². The fourth-order valence-corrected chi connectivity index (χ4v) is 2.42. The molecule has 0 radical (unpaired) electrons. The first-order valence-electron chi connectivity index (χ1n) is 8.33. The highest BCUT2D eigenvalue weighted by atomic mass is 19.1. The lowest BCUT2D eigenvalue weighted by atomic mass is 10.1. The van der Waals surface area contributed by atoms with Gasteiger partial charge in [-0.1, -0.05) is 51.9 Å². The minimum absolute atomic E-state index is 0.214. The van der Waals surface area contributed by atoms with Crippen LogP contribution in [0, 0.1) is 5.82 Å². The molecule has 0 aliphatic heterocycles. The van der Waals surface area contributed by atoms with E-state index in [-0.39, 0.29) is 11.9 Å². The van der Waals surface area contributed by atoms with Gasteiger partial charge in [-0.15, -0.1) is 0 Å². The van der Waals surface area contributed by atoms with Crippen LogP contribution in [-0.2, 0) is 0 Å². The Kier molecular flexibility index (Phi) is 9.07. The molecule has 0 spiro atoms. The molecule has 0 saturated carbocycles. The molecule has 2 N–H and O–H groups in total. The van der Waals surface area contributed by atoms with E-state index >= 15 is 0 Å². The number of hydrogen-bond donors (Lipinski definition) is 1. The van der Waals surface area contributed by atoms with Gasteiger partial charge in [0.25, 0.3) is 0 Å². The molecule has 21 heavy (non-hydrogen) atoms. The van der Waals surface area contributed by atoms with Gasteiger partial charge in [-0.3, -0.25) is 0 Å². The lowest BCUT2D eigenvalue weighted by Gasteiger charge is -2.14. The lowest BCUT2D eigenvalue weighted by Crippen LogP contribution is -2.09. The van der Waals surface area contributed by atoms with Crippen LogP contribution in [0.3, 0.4) is 0 Å². The van der Waals surface area contributed by atoms with Crippen LogP contribution in [-0.4, -0.2) is 6.61 Å². The summed E-state index contributed by atoms with van der Waals surface area (Å²) in [5.41, 5.74) is 6.59. The van der Waals surface area contributed by atoms with Gasteiger partial charge in [-0.2, -0.15) is 0 Å². The van der Waals surface area contributed by atoms with E-state index in [1.165, 1.54) is 57.1 Å². The average molecular weight is 295 g/mol. The SMILES string of the molecule is CCCCCCCCCCOc1ccc(F)cc1C(C)N. The Morgan fingerprint density at radius 3 is 2.29 bits per heavy atom. The molecule has 1 unspecified atom stereocenters. The Bertz CT molecular complexity index is 393. The molecule has 0 heterocycles. The van der Waals surface area contributed by atoms with Crippen LogP contribution in [0.4, 0.5) is 4.39 Å². The van der Waals surface area contributed by atoms with Crippen molar-refractivity contribution in [3.63, 3.8) is 0 Å². The molecule has 0 amide bonds. The molecule has 2 nitrogen and oxygen atoms in total. The number of benzene rings is 1. The molecule has 1 aromatic rings. The predicted octanol–water partition coefficient (Wildman–Crippen LogP) is 5.36. The molecule has 1 aromatic carbocycles. The largest absolute Gasteiger partial charge is 0.493 e. The maximum atomic E-state index is 13.2. The van der Waals surface area contributed by atoms with E-state index in [0.29, 0.717) is 12.4 Å². The maximum absolute atomic E-state index is 13.2. The summed E-state index contributed by atoms with van der Waals surface area (Å²) in [7, 11) is 0. The molecule has 0 aliphatic rings. The fraction of sp³-hybridized carbons (Fsp3) is 0.667. The van der Waals surface area contributed by atoms with Crippen LogP contribution in [0.15, 0.2) is 18.2 Å². The first-order valence-corrected chi connectivity index (χ1v) is 8.33. The maximum Gasteiger partial charge on any atom is 0.124 e. The Morgan fingerprint density at radius 2 is 1.67 bits per heavy atom. The molecule has 0 fully saturated rings. The molecule has 1 rings (SSSR count). The second-order valence-corrected chi connectivity index (χ2v) is 5.79. The van der Waals surface area contributed by atoms with Crippen molar-refractivity contribution in [2.75, 3.05) is 6.61 Å². The van der Waals surface area contributed by atoms with E-state index in [1.54, 1.807) is 6.07 Å². The number of ether oxygens (including phenoxy) is 1. The standard InChI is InChI=1S/C18H30FNO/c1-3-4-5-6-7-8-9-10-13-21-18-12-11-16(19)14-17(18)15(2)20/h11-12,14-15H,3-10,13,20H2,1-2H3. The molecule has 0 aliphatic carbocycles. The number of hydrogen-bond acceptors (Lipinski definition) is 2. The third-order valence-electron chi connectivity index (χ3n) is 3.72. The highest BCUT2D eigenvalue weighted by Gasteiger charge is 2.09. The van der Waals surface area contributed by atoms with E-state index in [9.17, 15) is 4.39 Å². The summed E-state index contributed by atoms with van der Waals surface area (Å²) in [6.45, 7) is 4.77. The van der Waals surface area contributed by atoms with Gasteiger partial charge in [0.1, 0.15) is 11.6 Å². The van der Waals surface area contributed by atoms with Gasteiger partial charge in [-0.05, 0) is 31.5 Å². The van der Waals surface area contributed by atoms with Crippen molar-refractivity contribution in [3.05, 3.63) is 29.6 Å². The molecule has 1 atom stereocenters. The number of unbranched alkanes of at least 4 members (excludes halogenated alkanes) is 7. The van der Waals surface area contributed by atoms with Crippen molar-refractivity contribution < 1.29 is 9.13 Å². The quantitative estimate of drug-likeness (QED) is 0.557. The van der Waals surface area contributed by atoms with Gasteiger partial charge in [0.15, 0.2) is 0 Å². The van der Waals surface area contributed by atoms with Gasteiger partial charge in [0.2, 0.25) is 0 Å². The van der Waals surface area contributed by atoms with Gasteiger partial charge >= 0.3 is 0 Å². The first kappa shape index (κ1) is 18.0. The highest BCUT2D eigenvalue weighted by molar-refractivity contribution is 5.36. The average Bonchev–Trinajstić information content (AvgIpc) is 2.46. The van der Waals surface area contributed by atoms with Crippen molar-refractivity contribution in [3.8, 4) is 5.75 Å². The highest BCUT2D eigenvalue weighted by Crippen LogP contribution is 2.25. The zero-order valence-electron chi connectivity index (χ0n) is 13.5. The van der Waals surface area contributed by atoms with Crippen molar-refractivity contribution in [2.24, 2.45) is 5.73 Å². The van der Waals surface area contributed by atoms with Gasteiger partial charge in [0.05, 0.1) is 6.61 Å². The minimum atomic E-state index is -0.262. The Hall–Kier alpha value is -1.09. The minimum Gasteiger partial charge on any atom is -0.493 e. The van der Waals surface area contributed by atoms with E-state index in [2.05, 4.69) is 6.92 Å². The van der Waals surface area contributed by atoms with E-state index in [0.717, 1.165) is 12.0 Å². The van der Waals surface area contributed by atoms with Crippen LogP contribution in [0.25, 0.3) is 0 Å². The van der Waals surface area contributed by atoms with Crippen LogP contribution in [0.2, 0.25) is 0 Å². The fourth-order valence-electron chi connectivity index (χ4n) is 2.42. The summed E-state index contributed by atoms with van der Waals surface area (Å²) < 4.78 is 19.0. The topological polar surface area (TPSA) is 35.2 Å². The van der Waals surface area contributed by atoms with Gasteiger partial charge < -0.3 is 10.5 Å². The molecule has 3 heteroatoms. The first-order chi connectivity index (χ1) is 10.1. The molecule has 0 saturated heterocycles. The Morgan fingerprint density at radius 1 is 1.05 bits per heavy atom. The van der Waals surface area contributed by atoms with E-state index in [4.69, 9.17) is 10.5 Å². The lowest BCUT2D eigenvalue weighted by molar-refractivity contribution is 0.299. The van der Waals surface area contributed by atoms with Gasteiger partial charge in [0, 0.05) is 11.6 Å². The third kappa shape index (κ3) is 7.47. The van der Waals surface area contributed by atoms with Crippen molar-refractivity contribution in [1.29, 1.82) is 0 Å². The molecular weight excluding hydrogens is 265 g/mol. The summed E-state index contributed by atoms with van der Waals surface area (Å²) in [5, 5.41) is 0. The van der Waals surface area contributed by atoms with Gasteiger partial charge in [-0.25, -0.2) is 4.39 Å². The normalized spacial score (nSPS) is 12.4. The predicted molar refractivity (Wildman–Crippen MR) is 87.1 cm³/mol. The number of rotatable bonds is 11. The zero-order chi connectivity index (χ0) is 15.5. The summed E-state index contributed by atoms with van der Waals surface area (Å²) in [6, 6.07) is 4.36. The van der Waals surface area contributed by atoms with Crippen LogP contribution in [0.5, 0.6) is 5.75 Å². The monoisotopic (exact) mass is 295 g/mol. The smallest absolute Gasteiger partial charge is 0.124 e. The number of halogens is 1. The second-order valence-electron chi connectivity index (χ2n) is 5.79. The summed E-state index contributed by atoms with van der Waals surface area (Å²) >= 11 is 0. The van der Waals surface area contributed by atoms with Crippen molar-refractivity contribution in [1.82, 2.24) is 0 Å². The Labute approximate surface area is 128 Å². The molecule has 0 bridgehead atoms. The summed E-state index contributed by atoms with van der Waals surface area (Å²) in [4.78, 5) is 0. The zero-order valence-corrected chi connectivity index (χ0v) is 13.5. The Balaban J connectivity index is 2.18. The van der Waals surface area contributed by atoms with Crippen LogP contribution >= 0.6 is 0 Å². The molecular formula is C18H30FNO. The molecule has 120 valence electrons. The molecule has 0 aromatic heterocycles. The second kappa shape index (κ2) is 10.6. The third-order valence-corrected chi connectivity index (χ3v) is 3.72. The summed E-state index contributed by atoms with van der Waals surface area (Å²) in [6.07, 6.45) is 10.2. The number of nitrogens with two attached hydrogens (primary N) is 1. The van der Waals surface area contributed by atoms with E-state index in [1.807, 2.05) is 6.92 Å². The van der Waals surface area contributed by atoms with Crippen LogP contribution < -0.4 is 10.5 Å².